The molecular weight excluding hydrogens is 408 g/mol. The second-order valence-corrected chi connectivity index (χ2v) is 8.78. The number of carbonyl (C=O) groups is 3. The summed E-state index contributed by atoms with van der Waals surface area (Å²) < 4.78 is 10.6. The smallest absolute Gasteiger partial charge is 0.407 e. The number of nitrogens with one attached hydrogen (secondary N) is 2. The Morgan fingerprint density at radius 1 is 1.00 bits per heavy atom. The standard InChI is InChI=1S/C25H30N2O5/c1-25(2,3)32-23(29)26-14-8-9-17(15-28)27-24(30)31-16-22-20-12-6-4-10-18(20)19-11-5-7-13-21(19)22/h4-7,10-13,15,17,22H,8-9,14,16H2,1-3H3,(H,26,29)(H,27,30)/t17-/m1/s1. The van der Waals surface area contributed by atoms with E-state index < -0.39 is 23.8 Å². The number of hydrogen-bond donors (Lipinski definition) is 2. The van der Waals surface area contributed by atoms with Crippen molar-refractivity contribution < 1.29 is 23.9 Å². The SMILES string of the molecule is CC(C)(C)OC(=O)NCCC[C@H](C=O)NC(=O)OCC1c2ccccc2-c2ccccc21. The number of rotatable bonds is 8. The molecule has 0 saturated heterocycles. The Kier molecular flexibility index (Phi) is 7.51. The van der Waals surface area contributed by atoms with Gasteiger partial charge in [-0.3, -0.25) is 0 Å². The molecule has 3 rings (SSSR count). The van der Waals surface area contributed by atoms with E-state index in [0.29, 0.717) is 25.7 Å². The van der Waals surface area contributed by atoms with Crippen LogP contribution in [0.5, 0.6) is 0 Å². The van der Waals surface area contributed by atoms with Gasteiger partial charge in [0.15, 0.2) is 0 Å². The molecule has 2 aromatic rings. The van der Waals surface area contributed by atoms with Gasteiger partial charge < -0.3 is 24.9 Å². The van der Waals surface area contributed by atoms with Crippen LogP contribution in [0.4, 0.5) is 9.59 Å². The second kappa shape index (κ2) is 10.3. The van der Waals surface area contributed by atoms with Gasteiger partial charge in [0.2, 0.25) is 0 Å². The molecule has 1 aliphatic rings. The molecule has 1 aliphatic carbocycles. The van der Waals surface area contributed by atoms with Gasteiger partial charge in [-0.05, 0) is 55.9 Å². The highest BCUT2D eigenvalue weighted by atomic mass is 16.6. The lowest BCUT2D eigenvalue weighted by molar-refractivity contribution is -0.109. The number of fused-ring (bicyclic) bond motifs is 3. The number of alkyl carbamates (subject to hydrolysis) is 2. The van der Waals surface area contributed by atoms with Gasteiger partial charge in [0.25, 0.3) is 0 Å². The number of benzene rings is 2. The van der Waals surface area contributed by atoms with Crippen molar-refractivity contribution in [3.05, 3.63) is 59.7 Å². The Morgan fingerprint density at radius 3 is 2.16 bits per heavy atom. The molecule has 0 aromatic heterocycles. The minimum absolute atomic E-state index is 0.0409. The third kappa shape index (κ3) is 6.09. The molecule has 1 atom stereocenters. The maximum absolute atomic E-state index is 12.3. The molecule has 2 aromatic carbocycles. The lowest BCUT2D eigenvalue weighted by Crippen LogP contribution is -2.38. The average molecular weight is 439 g/mol. The van der Waals surface area contributed by atoms with Crippen molar-refractivity contribution in [2.75, 3.05) is 13.2 Å². The Hall–Kier alpha value is -3.35. The molecule has 32 heavy (non-hydrogen) atoms. The molecule has 0 radical (unpaired) electrons. The maximum atomic E-state index is 12.3. The summed E-state index contributed by atoms with van der Waals surface area (Å²) >= 11 is 0. The summed E-state index contributed by atoms with van der Waals surface area (Å²) in [4.78, 5) is 35.3. The summed E-state index contributed by atoms with van der Waals surface area (Å²) in [5.74, 6) is -0.0409. The van der Waals surface area contributed by atoms with Crippen molar-refractivity contribution in [2.45, 2.75) is 51.2 Å². The first kappa shape index (κ1) is 23.3. The van der Waals surface area contributed by atoms with Crippen molar-refractivity contribution in [1.82, 2.24) is 10.6 Å². The van der Waals surface area contributed by atoms with Crippen LogP contribution in [0.15, 0.2) is 48.5 Å². The first-order valence-corrected chi connectivity index (χ1v) is 10.8. The van der Waals surface area contributed by atoms with Crippen molar-refractivity contribution in [3.8, 4) is 11.1 Å². The van der Waals surface area contributed by atoms with Crippen LogP contribution in [0.2, 0.25) is 0 Å². The molecule has 2 N–H and O–H groups in total. The number of amides is 2. The highest BCUT2D eigenvalue weighted by molar-refractivity contribution is 5.79. The zero-order valence-electron chi connectivity index (χ0n) is 18.7. The predicted octanol–water partition coefficient (Wildman–Crippen LogP) is 4.40. The molecule has 0 bridgehead atoms. The molecule has 170 valence electrons. The third-order valence-corrected chi connectivity index (χ3v) is 5.17. The maximum Gasteiger partial charge on any atom is 0.407 e. The van der Waals surface area contributed by atoms with E-state index >= 15 is 0 Å². The lowest BCUT2D eigenvalue weighted by atomic mass is 9.98. The summed E-state index contributed by atoms with van der Waals surface area (Å²) in [5.41, 5.74) is 3.99. The van der Waals surface area contributed by atoms with Gasteiger partial charge in [-0.15, -0.1) is 0 Å². The van der Waals surface area contributed by atoms with E-state index in [1.807, 2.05) is 36.4 Å². The zero-order valence-corrected chi connectivity index (χ0v) is 18.7. The van der Waals surface area contributed by atoms with Crippen LogP contribution in [0.1, 0.15) is 50.7 Å². The Labute approximate surface area is 188 Å². The van der Waals surface area contributed by atoms with Crippen molar-refractivity contribution in [3.63, 3.8) is 0 Å². The Balaban J connectivity index is 1.46. The largest absolute Gasteiger partial charge is 0.449 e. The number of carbonyl (C=O) groups excluding carboxylic acids is 3. The van der Waals surface area contributed by atoms with Gasteiger partial charge in [0.05, 0.1) is 6.04 Å². The molecule has 0 fully saturated rings. The normalized spacial score (nSPS) is 13.5. The topological polar surface area (TPSA) is 93.7 Å². The van der Waals surface area contributed by atoms with Crippen LogP contribution in [-0.2, 0) is 14.3 Å². The molecular formula is C25H30N2O5. The van der Waals surface area contributed by atoms with Gasteiger partial charge in [0.1, 0.15) is 18.5 Å². The fourth-order valence-electron chi connectivity index (χ4n) is 3.79. The lowest BCUT2D eigenvalue weighted by Gasteiger charge is -2.20. The molecule has 7 nitrogen and oxygen atoms in total. The molecule has 0 saturated carbocycles. The quantitative estimate of drug-likeness (QED) is 0.471. The Morgan fingerprint density at radius 2 is 1.59 bits per heavy atom. The van der Waals surface area contributed by atoms with Gasteiger partial charge in [-0.2, -0.15) is 0 Å². The summed E-state index contributed by atoms with van der Waals surface area (Å²) in [7, 11) is 0. The molecule has 0 unspecified atom stereocenters. The summed E-state index contributed by atoms with van der Waals surface area (Å²) in [5, 5.41) is 5.22. The molecule has 7 heteroatoms. The van der Waals surface area contributed by atoms with Crippen molar-refractivity contribution in [2.24, 2.45) is 0 Å². The summed E-state index contributed by atoms with van der Waals surface area (Å²) in [6.07, 6.45) is 0.416. The molecule has 2 amide bonds. The average Bonchev–Trinajstić information content (AvgIpc) is 3.07. The van der Waals surface area contributed by atoms with Gasteiger partial charge in [-0.1, -0.05) is 48.5 Å². The van der Waals surface area contributed by atoms with E-state index in [-0.39, 0.29) is 12.5 Å². The highest BCUT2D eigenvalue weighted by Gasteiger charge is 2.29. The summed E-state index contributed by atoms with van der Waals surface area (Å²) in [6, 6.07) is 15.5. The van der Waals surface area contributed by atoms with E-state index in [1.165, 1.54) is 0 Å². The van der Waals surface area contributed by atoms with Crippen LogP contribution in [0.25, 0.3) is 11.1 Å². The first-order valence-electron chi connectivity index (χ1n) is 10.8. The van der Waals surface area contributed by atoms with Gasteiger partial charge >= 0.3 is 12.2 Å². The van der Waals surface area contributed by atoms with Gasteiger partial charge in [0, 0.05) is 12.5 Å². The highest BCUT2D eigenvalue weighted by Crippen LogP contribution is 2.44. The predicted molar refractivity (Wildman–Crippen MR) is 122 cm³/mol. The van der Waals surface area contributed by atoms with E-state index in [9.17, 15) is 14.4 Å². The van der Waals surface area contributed by atoms with Crippen LogP contribution in [-0.4, -0.2) is 43.3 Å². The minimum atomic E-state index is -0.689. The van der Waals surface area contributed by atoms with E-state index in [2.05, 4.69) is 22.8 Å². The van der Waals surface area contributed by atoms with Crippen LogP contribution in [0, 0.1) is 0 Å². The van der Waals surface area contributed by atoms with E-state index in [1.54, 1.807) is 20.8 Å². The molecule has 0 heterocycles. The summed E-state index contributed by atoms with van der Waals surface area (Å²) in [6.45, 7) is 5.88. The first-order chi connectivity index (χ1) is 15.3. The van der Waals surface area contributed by atoms with Crippen LogP contribution in [0.3, 0.4) is 0 Å². The van der Waals surface area contributed by atoms with Crippen molar-refractivity contribution in [1.29, 1.82) is 0 Å². The van der Waals surface area contributed by atoms with Crippen molar-refractivity contribution >= 4 is 18.5 Å². The monoisotopic (exact) mass is 438 g/mol. The second-order valence-electron chi connectivity index (χ2n) is 8.78. The number of hydrogen-bond acceptors (Lipinski definition) is 5. The van der Waals surface area contributed by atoms with Crippen LogP contribution >= 0.6 is 0 Å². The number of ether oxygens (including phenoxy) is 2. The van der Waals surface area contributed by atoms with Crippen LogP contribution < -0.4 is 10.6 Å². The fraction of sp³-hybridized carbons (Fsp3) is 0.400. The Bertz CT molecular complexity index is 921. The fourth-order valence-corrected chi connectivity index (χ4v) is 3.79. The molecule has 0 spiro atoms. The minimum Gasteiger partial charge on any atom is -0.449 e. The number of aldehydes is 1. The van der Waals surface area contributed by atoms with E-state index in [0.717, 1.165) is 22.3 Å². The third-order valence-electron chi connectivity index (χ3n) is 5.17. The zero-order chi connectivity index (χ0) is 23.1. The molecule has 0 aliphatic heterocycles. The van der Waals surface area contributed by atoms with E-state index in [4.69, 9.17) is 9.47 Å². The van der Waals surface area contributed by atoms with Gasteiger partial charge in [-0.25, -0.2) is 9.59 Å².